The molecule has 1 N–H and O–H groups in total. The van der Waals surface area contributed by atoms with Crippen molar-refractivity contribution in [1.82, 2.24) is 0 Å². The Hall–Kier alpha value is 0.310. The van der Waals surface area contributed by atoms with Crippen LogP contribution in [0.15, 0.2) is 0 Å². The van der Waals surface area contributed by atoms with Crippen LogP contribution in [0.1, 0.15) is 19.3 Å². The second-order valence-corrected chi connectivity index (χ2v) is 3.37. The molecule has 1 aliphatic heterocycles. The van der Waals surface area contributed by atoms with Crippen LogP contribution in [0, 0.1) is 0 Å². The third-order valence-electron chi connectivity index (χ3n) is 1.39. The van der Waals surface area contributed by atoms with Crippen molar-refractivity contribution in [2.24, 2.45) is 0 Å². The first-order valence-corrected chi connectivity index (χ1v) is 4.31. The first-order valence-electron chi connectivity index (χ1n) is 3.15. The molecule has 1 fully saturated rings. The molecule has 0 aromatic heterocycles. The Balaban J connectivity index is 2.17. The largest absolute Gasteiger partial charge is 0.392 e. The fraction of sp³-hybridized carbons (Fsp3) is 1.00. The standard InChI is InChI=1S/C6H12OS/c7-6-3-1-2-4-8-5-6/h6-7H,1-5H2. The molecule has 1 aliphatic rings. The van der Waals surface area contributed by atoms with Crippen molar-refractivity contribution in [1.29, 1.82) is 0 Å². The summed E-state index contributed by atoms with van der Waals surface area (Å²) in [7, 11) is 0. The van der Waals surface area contributed by atoms with Gasteiger partial charge in [0.1, 0.15) is 0 Å². The minimum absolute atomic E-state index is 0.0116. The molecule has 1 nitrogen and oxygen atoms in total. The number of aliphatic hydroxyl groups excluding tert-OH is 1. The molecule has 0 aliphatic carbocycles. The van der Waals surface area contributed by atoms with E-state index in [1.54, 1.807) is 0 Å². The normalized spacial score (nSPS) is 31.9. The van der Waals surface area contributed by atoms with Gasteiger partial charge in [-0.3, -0.25) is 0 Å². The van der Waals surface area contributed by atoms with Crippen molar-refractivity contribution in [2.75, 3.05) is 11.5 Å². The molecule has 1 atom stereocenters. The van der Waals surface area contributed by atoms with Crippen LogP contribution in [0.5, 0.6) is 0 Å². The Kier molecular flexibility index (Phi) is 2.70. The van der Waals surface area contributed by atoms with Gasteiger partial charge in [0.05, 0.1) is 6.10 Å². The van der Waals surface area contributed by atoms with Crippen molar-refractivity contribution in [3.63, 3.8) is 0 Å². The Bertz CT molecular complexity index is 57.5. The topological polar surface area (TPSA) is 20.2 Å². The highest BCUT2D eigenvalue weighted by Crippen LogP contribution is 2.15. The van der Waals surface area contributed by atoms with Crippen LogP contribution < -0.4 is 0 Å². The van der Waals surface area contributed by atoms with E-state index in [1.165, 1.54) is 18.6 Å². The number of rotatable bonds is 0. The highest BCUT2D eigenvalue weighted by Gasteiger charge is 2.06. The number of hydrogen-bond acceptors (Lipinski definition) is 2. The molecular weight excluding hydrogens is 120 g/mol. The third kappa shape index (κ3) is 2.05. The van der Waals surface area contributed by atoms with Crippen LogP contribution >= 0.6 is 11.8 Å². The van der Waals surface area contributed by atoms with E-state index in [0.29, 0.717) is 0 Å². The maximum Gasteiger partial charge on any atom is 0.0630 e. The lowest BCUT2D eigenvalue weighted by atomic mass is 10.2. The Morgan fingerprint density at radius 3 is 3.12 bits per heavy atom. The van der Waals surface area contributed by atoms with Gasteiger partial charge in [0.2, 0.25) is 0 Å². The van der Waals surface area contributed by atoms with Crippen LogP contribution in [0.2, 0.25) is 0 Å². The minimum atomic E-state index is -0.0116. The monoisotopic (exact) mass is 132 g/mol. The molecule has 1 unspecified atom stereocenters. The van der Waals surface area contributed by atoms with E-state index in [9.17, 15) is 0 Å². The predicted octanol–water partition coefficient (Wildman–Crippen LogP) is 1.26. The van der Waals surface area contributed by atoms with Crippen LogP contribution in [0.4, 0.5) is 0 Å². The smallest absolute Gasteiger partial charge is 0.0630 e. The maximum absolute atomic E-state index is 9.07. The quantitative estimate of drug-likeness (QED) is 0.535. The molecule has 2 heteroatoms. The Morgan fingerprint density at radius 2 is 2.25 bits per heavy atom. The molecule has 0 aromatic rings. The summed E-state index contributed by atoms with van der Waals surface area (Å²) in [6.45, 7) is 0. The first kappa shape index (κ1) is 6.43. The van der Waals surface area contributed by atoms with Crippen molar-refractivity contribution in [3.8, 4) is 0 Å². The lowest BCUT2D eigenvalue weighted by molar-refractivity contribution is 0.188. The minimum Gasteiger partial charge on any atom is -0.392 e. The molecule has 0 radical (unpaired) electrons. The zero-order valence-electron chi connectivity index (χ0n) is 4.97. The van der Waals surface area contributed by atoms with E-state index < -0.39 is 0 Å². The number of aliphatic hydroxyl groups is 1. The van der Waals surface area contributed by atoms with Crippen LogP contribution in [0.25, 0.3) is 0 Å². The van der Waals surface area contributed by atoms with Gasteiger partial charge in [0.15, 0.2) is 0 Å². The summed E-state index contributed by atoms with van der Waals surface area (Å²) in [4.78, 5) is 0. The molecule has 0 bridgehead atoms. The van der Waals surface area contributed by atoms with Gasteiger partial charge in [-0.15, -0.1) is 0 Å². The molecular formula is C6H12OS. The predicted molar refractivity (Wildman–Crippen MR) is 37.2 cm³/mol. The molecule has 1 rings (SSSR count). The van der Waals surface area contributed by atoms with Gasteiger partial charge in [-0.1, -0.05) is 6.42 Å². The second-order valence-electron chi connectivity index (χ2n) is 2.22. The van der Waals surface area contributed by atoms with Gasteiger partial charge in [-0.25, -0.2) is 0 Å². The van der Waals surface area contributed by atoms with Crippen molar-refractivity contribution < 1.29 is 5.11 Å². The third-order valence-corrected chi connectivity index (χ3v) is 2.58. The van der Waals surface area contributed by atoms with Gasteiger partial charge in [-0.05, 0) is 18.6 Å². The Labute approximate surface area is 54.5 Å². The van der Waals surface area contributed by atoms with Gasteiger partial charge in [-0.2, -0.15) is 11.8 Å². The highest BCUT2D eigenvalue weighted by molar-refractivity contribution is 7.99. The van der Waals surface area contributed by atoms with Gasteiger partial charge >= 0.3 is 0 Å². The van der Waals surface area contributed by atoms with E-state index in [4.69, 9.17) is 5.11 Å². The molecule has 0 amide bonds. The molecule has 0 spiro atoms. The van der Waals surface area contributed by atoms with Gasteiger partial charge in [0, 0.05) is 5.75 Å². The summed E-state index contributed by atoms with van der Waals surface area (Å²) in [5, 5.41) is 9.07. The first-order chi connectivity index (χ1) is 3.89. The molecule has 1 heterocycles. The van der Waals surface area contributed by atoms with Crippen molar-refractivity contribution >= 4 is 11.8 Å². The molecule has 0 aromatic carbocycles. The Morgan fingerprint density at radius 1 is 1.38 bits per heavy atom. The summed E-state index contributed by atoms with van der Waals surface area (Å²) in [6.07, 6.45) is 3.52. The highest BCUT2D eigenvalue weighted by atomic mass is 32.2. The van der Waals surface area contributed by atoms with Crippen LogP contribution in [0.3, 0.4) is 0 Å². The zero-order chi connectivity index (χ0) is 5.82. The maximum atomic E-state index is 9.07. The SMILES string of the molecule is OC1CCCCSC1. The van der Waals surface area contributed by atoms with Gasteiger partial charge < -0.3 is 5.11 Å². The summed E-state index contributed by atoms with van der Waals surface area (Å²) < 4.78 is 0. The lowest BCUT2D eigenvalue weighted by Crippen LogP contribution is -2.06. The average Bonchev–Trinajstić information content (AvgIpc) is 1.94. The fourth-order valence-electron chi connectivity index (χ4n) is 0.887. The van der Waals surface area contributed by atoms with Crippen molar-refractivity contribution in [3.05, 3.63) is 0 Å². The van der Waals surface area contributed by atoms with Crippen LogP contribution in [-0.2, 0) is 0 Å². The van der Waals surface area contributed by atoms with E-state index in [-0.39, 0.29) is 6.10 Å². The number of thioether (sulfide) groups is 1. The number of hydrogen-bond donors (Lipinski definition) is 1. The van der Waals surface area contributed by atoms with Gasteiger partial charge in [0.25, 0.3) is 0 Å². The van der Waals surface area contributed by atoms with E-state index in [0.717, 1.165) is 12.2 Å². The molecule has 8 heavy (non-hydrogen) atoms. The molecule has 0 saturated carbocycles. The van der Waals surface area contributed by atoms with Crippen LogP contribution in [-0.4, -0.2) is 22.7 Å². The lowest BCUT2D eigenvalue weighted by Gasteiger charge is -2.01. The zero-order valence-corrected chi connectivity index (χ0v) is 5.78. The molecule has 1 saturated heterocycles. The fourth-order valence-corrected chi connectivity index (χ4v) is 1.90. The summed E-state index contributed by atoms with van der Waals surface area (Å²) in [5.41, 5.74) is 0. The summed E-state index contributed by atoms with van der Waals surface area (Å²) in [5.74, 6) is 2.21. The van der Waals surface area contributed by atoms with E-state index in [2.05, 4.69) is 0 Å². The molecule has 48 valence electrons. The van der Waals surface area contributed by atoms with Crippen molar-refractivity contribution in [2.45, 2.75) is 25.4 Å². The average molecular weight is 132 g/mol. The summed E-state index contributed by atoms with van der Waals surface area (Å²) >= 11 is 1.87. The summed E-state index contributed by atoms with van der Waals surface area (Å²) in [6, 6.07) is 0. The van der Waals surface area contributed by atoms with E-state index >= 15 is 0 Å². The second kappa shape index (κ2) is 3.36. The van der Waals surface area contributed by atoms with E-state index in [1.807, 2.05) is 11.8 Å².